The molecular weight excluding hydrogens is 1120 g/mol. The van der Waals surface area contributed by atoms with Crippen LogP contribution in [0.3, 0.4) is 0 Å². The van der Waals surface area contributed by atoms with Gasteiger partial charge in [-0.25, -0.2) is 24.9 Å². The van der Waals surface area contributed by atoms with E-state index in [1.807, 2.05) is 66.7 Å². The highest BCUT2D eigenvalue weighted by Crippen LogP contribution is 2.47. The Balaban J connectivity index is 0.866. The van der Waals surface area contributed by atoms with Crippen LogP contribution < -0.4 is 26.2 Å². The van der Waals surface area contributed by atoms with E-state index in [1.165, 1.54) is 44.1 Å². The molecule has 0 saturated carbocycles. The molecule has 0 fully saturated rings. The van der Waals surface area contributed by atoms with Gasteiger partial charge < -0.3 is 14.4 Å². The van der Waals surface area contributed by atoms with Crippen molar-refractivity contribution in [3.63, 3.8) is 0 Å². The van der Waals surface area contributed by atoms with Crippen LogP contribution >= 0.6 is 0 Å². The lowest BCUT2D eigenvalue weighted by Crippen LogP contribution is -2.61. The zero-order valence-corrected chi connectivity index (χ0v) is 51.0. The maximum atomic E-state index is 5.68. The lowest BCUT2D eigenvalue weighted by molar-refractivity contribution is 0.591. The van der Waals surface area contributed by atoms with Gasteiger partial charge in [0.1, 0.15) is 0 Å². The molecule has 0 amide bonds. The van der Waals surface area contributed by atoms with Crippen molar-refractivity contribution in [3.05, 3.63) is 309 Å². The molecule has 2 aliphatic rings. The fourth-order valence-electron chi connectivity index (χ4n) is 13.8. The summed E-state index contributed by atoms with van der Waals surface area (Å²) in [6, 6.07) is 108. The van der Waals surface area contributed by atoms with E-state index in [0.717, 1.165) is 95.4 Å². The van der Waals surface area contributed by atoms with Crippen LogP contribution in [0.15, 0.2) is 303 Å². The van der Waals surface area contributed by atoms with E-state index in [-0.39, 0.29) is 12.1 Å². The maximum Gasteiger partial charge on any atom is 0.252 e. The molecule has 8 nitrogen and oxygen atoms in total. The number of aromatic nitrogens is 6. The first-order chi connectivity index (χ1) is 45.3. The highest BCUT2D eigenvalue weighted by molar-refractivity contribution is 7.00. The zero-order valence-electron chi connectivity index (χ0n) is 51.0. The standard InChI is InChI=1S/C83H59BN8/c1-83(2,3)61-46-48-72-65(52-61)64-35-19-22-38-71(64)92(72)73-47-45-59(82-88-80(56-27-11-5-12-28-56)87-81(89-82)57-29-13-6-14-30-57)49-66(73)70-53-69(55-25-9-4-10-26-55)85-79(86-70)58-43-41-54(42-44-58)60-50-76-78-77(51-60)91(63-33-17-8-18-34-63)75-40-24-21-37-68(75)84(78)67-36-20-23-39-74(67)90(76)62-31-15-7-16-32-62/h4-53H,1-3H3. The first-order valence-corrected chi connectivity index (χ1v) is 31.4. The fourth-order valence-corrected chi connectivity index (χ4v) is 13.8. The predicted molar refractivity (Wildman–Crippen MR) is 381 cm³/mol. The van der Waals surface area contributed by atoms with Gasteiger partial charge in [0.05, 0.1) is 28.1 Å². The van der Waals surface area contributed by atoms with Gasteiger partial charge >= 0.3 is 0 Å². The molecule has 92 heavy (non-hydrogen) atoms. The number of nitrogens with zero attached hydrogens (tertiary/aromatic N) is 8. The van der Waals surface area contributed by atoms with Crippen molar-refractivity contribution in [1.82, 2.24) is 29.5 Å². The van der Waals surface area contributed by atoms with Gasteiger partial charge in [-0.2, -0.15) is 0 Å². The third-order valence-corrected chi connectivity index (χ3v) is 18.2. The van der Waals surface area contributed by atoms with Crippen molar-refractivity contribution < 1.29 is 0 Å². The van der Waals surface area contributed by atoms with Crippen LogP contribution in [0.2, 0.25) is 0 Å². The summed E-state index contributed by atoms with van der Waals surface area (Å²) < 4.78 is 2.40. The number of rotatable bonds is 10. The van der Waals surface area contributed by atoms with Gasteiger partial charge in [-0.05, 0) is 129 Å². The summed E-state index contributed by atoms with van der Waals surface area (Å²) in [4.78, 5) is 31.7. The average Bonchev–Trinajstić information content (AvgIpc) is 0.882. The van der Waals surface area contributed by atoms with Gasteiger partial charge in [-0.15, -0.1) is 0 Å². The molecule has 12 aromatic carbocycles. The van der Waals surface area contributed by atoms with Crippen LogP contribution in [0.5, 0.6) is 0 Å². The predicted octanol–water partition coefficient (Wildman–Crippen LogP) is 18.8. The van der Waals surface area contributed by atoms with E-state index < -0.39 is 0 Å². The summed E-state index contributed by atoms with van der Waals surface area (Å²) in [6.45, 7) is 6.84. The molecule has 0 radical (unpaired) electrons. The molecule has 0 aliphatic carbocycles. The van der Waals surface area contributed by atoms with Crippen molar-refractivity contribution in [2.45, 2.75) is 26.2 Å². The molecule has 0 saturated heterocycles. The van der Waals surface area contributed by atoms with E-state index >= 15 is 0 Å². The first kappa shape index (κ1) is 54.4. The molecule has 434 valence electrons. The normalized spacial score (nSPS) is 12.4. The van der Waals surface area contributed by atoms with Crippen LogP contribution in [0.4, 0.5) is 34.1 Å². The van der Waals surface area contributed by atoms with E-state index in [4.69, 9.17) is 24.9 Å². The molecule has 0 N–H and O–H groups in total. The second-order valence-electron chi connectivity index (χ2n) is 24.8. The Hall–Kier alpha value is -11.8. The number of hydrogen-bond donors (Lipinski definition) is 0. The quantitative estimate of drug-likeness (QED) is 0.126. The van der Waals surface area contributed by atoms with Crippen LogP contribution in [0.1, 0.15) is 26.3 Å². The summed E-state index contributed by atoms with van der Waals surface area (Å²) in [5.74, 6) is 2.33. The number of fused-ring (bicyclic) bond motifs is 7. The summed E-state index contributed by atoms with van der Waals surface area (Å²) in [5, 5.41) is 2.36. The highest BCUT2D eigenvalue weighted by Gasteiger charge is 2.43. The fraction of sp³-hybridized carbons (Fsp3) is 0.0482. The molecule has 0 atom stereocenters. The Morgan fingerprint density at radius 2 is 0.739 bits per heavy atom. The molecule has 15 aromatic rings. The molecule has 0 unspecified atom stereocenters. The monoisotopic (exact) mass is 1180 g/mol. The molecule has 3 aromatic heterocycles. The van der Waals surface area contributed by atoms with Crippen LogP contribution in [-0.4, -0.2) is 36.2 Å². The van der Waals surface area contributed by atoms with Gasteiger partial charge in [-0.3, -0.25) is 0 Å². The lowest BCUT2D eigenvalue weighted by atomic mass is 9.33. The average molecular weight is 1180 g/mol. The molecule has 0 spiro atoms. The van der Waals surface area contributed by atoms with Crippen molar-refractivity contribution in [1.29, 1.82) is 0 Å². The second-order valence-corrected chi connectivity index (χ2v) is 24.8. The van der Waals surface area contributed by atoms with Crippen molar-refractivity contribution >= 4 is 79.0 Å². The Bertz CT molecular complexity index is 5150. The Kier molecular flexibility index (Phi) is 13.0. The van der Waals surface area contributed by atoms with Crippen LogP contribution in [0, 0.1) is 0 Å². The summed E-state index contributed by atoms with van der Waals surface area (Å²) in [5.41, 5.74) is 24.1. The molecule has 0 bridgehead atoms. The van der Waals surface area contributed by atoms with E-state index in [0.29, 0.717) is 23.3 Å². The zero-order chi connectivity index (χ0) is 61.4. The third kappa shape index (κ3) is 9.35. The van der Waals surface area contributed by atoms with Gasteiger partial charge in [-0.1, -0.05) is 233 Å². The molecule has 2 aliphatic heterocycles. The summed E-state index contributed by atoms with van der Waals surface area (Å²) >= 11 is 0. The van der Waals surface area contributed by atoms with Crippen LogP contribution in [-0.2, 0) is 5.41 Å². The van der Waals surface area contributed by atoms with E-state index in [1.54, 1.807) is 0 Å². The van der Waals surface area contributed by atoms with Gasteiger partial charge in [0.25, 0.3) is 6.71 Å². The third-order valence-electron chi connectivity index (χ3n) is 18.2. The topological polar surface area (TPSA) is 75.9 Å². The van der Waals surface area contributed by atoms with Crippen molar-refractivity contribution in [3.8, 4) is 84.9 Å². The van der Waals surface area contributed by atoms with Gasteiger partial charge in [0.2, 0.25) is 0 Å². The van der Waals surface area contributed by atoms with Crippen molar-refractivity contribution in [2.24, 2.45) is 0 Å². The Morgan fingerprint density at radius 3 is 1.32 bits per heavy atom. The second kappa shape index (κ2) is 22.0. The first-order valence-electron chi connectivity index (χ1n) is 31.4. The number of para-hydroxylation sites is 5. The minimum absolute atomic E-state index is 0.0141. The lowest BCUT2D eigenvalue weighted by Gasteiger charge is -2.44. The van der Waals surface area contributed by atoms with E-state index in [2.05, 4.69) is 272 Å². The van der Waals surface area contributed by atoms with Gasteiger partial charge in [0.15, 0.2) is 23.3 Å². The van der Waals surface area contributed by atoms with Gasteiger partial charge in [0, 0.05) is 78.3 Å². The largest absolute Gasteiger partial charge is 0.311 e. The van der Waals surface area contributed by atoms with E-state index in [9.17, 15) is 0 Å². The molecular formula is C83H59BN8. The minimum atomic E-state index is -0.0531. The Morgan fingerprint density at radius 1 is 0.293 bits per heavy atom. The molecule has 17 rings (SSSR count). The summed E-state index contributed by atoms with van der Waals surface area (Å²) in [6.07, 6.45) is 0. The van der Waals surface area contributed by atoms with Crippen molar-refractivity contribution in [2.75, 3.05) is 9.80 Å². The highest BCUT2D eigenvalue weighted by atomic mass is 15.2. The maximum absolute atomic E-state index is 5.68. The smallest absolute Gasteiger partial charge is 0.252 e. The minimum Gasteiger partial charge on any atom is -0.311 e. The van der Waals surface area contributed by atoms with Crippen LogP contribution in [0.25, 0.3) is 107 Å². The molecule has 5 heterocycles. The summed E-state index contributed by atoms with van der Waals surface area (Å²) in [7, 11) is 0. The molecule has 9 heteroatoms. The number of anilines is 6. The number of hydrogen-bond acceptors (Lipinski definition) is 7. The number of benzene rings is 12. The SMILES string of the molecule is CC(C)(C)c1ccc2c(c1)c1ccccc1n2-c1ccc(-c2nc(-c3ccccc3)nc(-c3ccccc3)n2)cc1-c1cc(-c2ccccc2)nc(-c2ccc(-c3cc4c5c(c3)N(c3ccccc3)c3ccccc3B5c3ccccc3N4c3ccccc3)cc2)n1. The Labute approximate surface area is 535 Å².